The van der Waals surface area contributed by atoms with Crippen molar-refractivity contribution in [3.05, 3.63) is 0 Å². The van der Waals surface area contributed by atoms with Gasteiger partial charge in [-0.05, 0) is 32.9 Å². The molecule has 2 unspecified atom stereocenters. The molecule has 2 saturated heterocycles. The monoisotopic (exact) mass is 272 g/mol. The lowest BCUT2D eigenvalue weighted by molar-refractivity contribution is 0.0133. The fourth-order valence-corrected chi connectivity index (χ4v) is 4.42. The zero-order valence-corrected chi connectivity index (χ0v) is 12.9. The lowest BCUT2D eigenvalue weighted by Gasteiger charge is -2.45. The fraction of sp³-hybridized carbons (Fsp3) is 1.00. The smallest absolute Gasteiger partial charge is 0.0531 e. The van der Waals surface area contributed by atoms with Crippen LogP contribution in [0.3, 0.4) is 0 Å². The van der Waals surface area contributed by atoms with Crippen LogP contribution in [-0.4, -0.2) is 61.8 Å². The molecule has 18 heavy (non-hydrogen) atoms. The molecular formula is C14H28N2OS. The van der Waals surface area contributed by atoms with Crippen molar-refractivity contribution in [1.82, 2.24) is 10.2 Å². The van der Waals surface area contributed by atoms with E-state index in [1.807, 2.05) is 7.11 Å². The molecule has 4 heteroatoms. The summed E-state index contributed by atoms with van der Waals surface area (Å²) >= 11 is 2.12. The van der Waals surface area contributed by atoms with Crippen molar-refractivity contribution < 1.29 is 4.74 Å². The van der Waals surface area contributed by atoms with Crippen molar-refractivity contribution in [2.75, 3.05) is 45.6 Å². The Morgan fingerprint density at radius 1 is 1.33 bits per heavy atom. The Morgan fingerprint density at radius 2 is 2.06 bits per heavy atom. The summed E-state index contributed by atoms with van der Waals surface area (Å²) in [4.78, 5) is 2.70. The summed E-state index contributed by atoms with van der Waals surface area (Å²) in [5.74, 6) is 1.28. The highest BCUT2D eigenvalue weighted by molar-refractivity contribution is 8.00. The number of hydrogen-bond acceptors (Lipinski definition) is 4. The van der Waals surface area contributed by atoms with E-state index in [9.17, 15) is 0 Å². The molecule has 2 aliphatic heterocycles. The Balaban J connectivity index is 1.99. The van der Waals surface area contributed by atoms with Crippen LogP contribution in [-0.2, 0) is 4.74 Å². The van der Waals surface area contributed by atoms with Crippen molar-refractivity contribution in [1.29, 1.82) is 0 Å². The summed E-state index contributed by atoms with van der Waals surface area (Å²) < 4.78 is 5.53. The minimum Gasteiger partial charge on any atom is -0.384 e. The maximum Gasteiger partial charge on any atom is 0.0531 e. The Kier molecular flexibility index (Phi) is 5.36. The molecular weight excluding hydrogens is 244 g/mol. The van der Waals surface area contributed by atoms with Crippen LogP contribution in [0.2, 0.25) is 0 Å². The Hall–Kier alpha value is 0.230. The third kappa shape index (κ3) is 3.41. The SMILES string of the molecule is COCC1(CN2CCSC(C)C2C)CCNCC1. The first-order valence-electron chi connectivity index (χ1n) is 7.22. The molecule has 0 amide bonds. The van der Waals surface area contributed by atoms with E-state index in [-0.39, 0.29) is 0 Å². The van der Waals surface area contributed by atoms with Crippen LogP contribution in [0.4, 0.5) is 0 Å². The number of ether oxygens (including phenoxy) is 1. The predicted molar refractivity (Wildman–Crippen MR) is 79.4 cm³/mol. The molecule has 2 rings (SSSR count). The standard InChI is InChI=1S/C14H28N2OS/c1-12-13(2)18-9-8-16(12)10-14(11-17-3)4-6-15-7-5-14/h12-13,15H,4-11H2,1-3H3. The summed E-state index contributed by atoms with van der Waals surface area (Å²) in [5, 5.41) is 4.24. The van der Waals surface area contributed by atoms with Crippen LogP contribution in [0.1, 0.15) is 26.7 Å². The Morgan fingerprint density at radius 3 is 2.72 bits per heavy atom. The minimum atomic E-state index is 0.385. The topological polar surface area (TPSA) is 24.5 Å². The highest BCUT2D eigenvalue weighted by atomic mass is 32.2. The average Bonchev–Trinajstić information content (AvgIpc) is 2.36. The van der Waals surface area contributed by atoms with Gasteiger partial charge in [0.2, 0.25) is 0 Å². The van der Waals surface area contributed by atoms with E-state index < -0.39 is 0 Å². The zero-order valence-electron chi connectivity index (χ0n) is 12.1. The predicted octanol–water partition coefficient (Wildman–Crippen LogP) is 1.83. The molecule has 0 aromatic rings. The van der Waals surface area contributed by atoms with Gasteiger partial charge in [0.25, 0.3) is 0 Å². The van der Waals surface area contributed by atoms with Gasteiger partial charge in [-0.15, -0.1) is 0 Å². The van der Waals surface area contributed by atoms with Crippen molar-refractivity contribution in [3.63, 3.8) is 0 Å². The molecule has 3 nitrogen and oxygen atoms in total. The van der Waals surface area contributed by atoms with E-state index in [2.05, 4.69) is 35.8 Å². The van der Waals surface area contributed by atoms with Crippen molar-refractivity contribution in [2.45, 2.75) is 38.0 Å². The van der Waals surface area contributed by atoms with E-state index in [1.54, 1.807) is 0 Å². The van der Waals surface area contributed by atoms with E-state index in [0.717, 1.165) is 24.9 Å². The number of piperidine rings is 1. The van der Waals surface area contributed by atoms with Crippen molar-refractivity contribution in [2.24, 2.45) is 5.41 Å². The first-order chi connectivity index (χ1) is 8.67. The van der Waals surface area contributed by atoms with E-state index in [1.165, 1.54) is 31.7 Å². The van der Waals surface area contributed by atoms with Crippen LogP contribution in [0.25, 0.3) is 0 Å². The number of nitrogens with zero attached hydrogens (tertiary/aromatic N) is 1. The third-order valence-electron chi connectivity index (χ3n) is 4.67. The van der Waals surface area contributed by atoms with Gasteiger partial charge in [0.1, 0.15) is 0 Å². The van der Waals surface area contributed by atoms with Gasteiger partial charge in [-0.2, -0.15) is 11.8 Å². The highest BCUT2D eigenvalue weighted by Crippen LogP contribution is 2.33. The average molecular weight is 272 g/mol. The Labute approximate surface area is 116 Å². The number of nitrogens with one attached hydrogen (secondary N) is 1. The van der Waals surface area contributed by atoms with Gasteiger partial charge in [0.15, 0.2) is 0 Å². The molecule has 2 heterocycles. The molecule has 0 radical (unpaired) electrons. The maximum atomic E-state index is 5.53. The van der Waals surface area contributed by atoms with Gasteiger partial charge in [0, 0.05) is 42.7 Å². The molecule has 0 spiro atoms. The maximum absolute atomic E-state index is 5.53. The minimum absolute atomic E-state index is 0.385. The van der Waals surface area contributed by atoms with Gasteiger partial charge in [-0.25, -0.2) is 0 Å². The third-order valence-corrected chi connectivity index (χ3v) is 6.01. The second-order valence-corrected chi connectivity index (χ2v) is 7.46. The largest absolute Gasteiger partial charge is 0.384 e. The Bertz CT molecular complexity index is 251. The molecule has 1 N–H and O–H groups in total. The summed E-state index contributed by atoms with van der Waals surface area (Å²) in [5.41, 5.74) is 0.385. The quantitative estimate of drug-likeness (QED) is 0.844. The molecule has 0 aromatic carbocycles. The molecule has 2 aliphatic rings. The second-order valence-electron chi connectivity index (χ2n) is 5.97. The molecule has 2 fully saturated rings. The highest BCUT2D eigenvalue weighted by Gasteiger charge is 2.37. The van der Waals surface area contributed by atoms with E-state index in [4.69, 9.17) is 4.74 Å². The van der Waals surface area contributed by atoms with Crippen LogP contribution in [0.15, 0.2) is 0 Å². The van der Waals surface area contributed by atoms with Gasteiger partial charge < -0.3 is 10.1 Å². The summed E-state index contributed by atoms with van der Waals surface area (Å²) in [7, 11) is 1.85. The molecule has 106 valence electrons. The number of hydrogen-bond donors (Lipinski definition) is 1. The number of rotatable bonds is 4. The number of methoxy groups -OCH3 is 1. The first kappa shape index (κ1) is 14.6. The van der Waals surface area contributed by atoms with Gasteiger partial charge in [-0.3, -0.25) is 4.90 Å². The van der Waals surface area contributed by atoms with Crippen LogP contribution in [0, 0.1) is 5.41 Å². The molecule has 0 aromatic heterocycles. The lowest BCUT2D eigenvalue weighted by Crippen LogP contribution is -2.53. The van der Waals surface area contributed by atoms with Crippen LogP contribution < -0.4 is 5.32 Å². The number of thioether (sulfide) groups is 1. The van der Waals surface area contributed by atoms with Gasteiger partial charge >= 0.3 is 0 Å². The van der Waals surface area contributed by atoms with Gasteiger partial charge in [0.05, 0.1) is 6.61 Å². The molecule has 0 saturated carbocycles. The lowest BCUT2D eigenvalue weighted by atomic mass is 9.78. The fourth-order valence-electron chi connectivity index (χ4n) is 3.26. The van der Waals surface area contributed by atoms with Crippen LogP contribution in [0.5, 0.6) is 0 Å². The molecule has 0 bridgehead atoms. The summed E-state index contributed by atoms with van der Waals surface area (Å²) in [6.45, 7) is 10.4. The van der Waals surface area contributed by atoms with E-state index in [0.29, 0.717) is 11.5 Å². The van der Waals surface area contributed by atoms with Crippen molar-refractivity contribution in [3.8, 4) is 0 Å². The first-order valence-corrected chi connectivity index (χ1v) is 8.27. The normalized spacial score (nSPS) is 33.5. The summed E-state index contributed by atoms with van der Waals surface area (Å²) in [6.07, 6.45) is 2.51. The summed E-state index contributed by atoms with van der Waals surface area (Å²) in [6, 6.07) is 0.701. The van der Waals surface area contributed by atoms with Crippen molar-refractivity contribution >= 4 is 11.8 Å². The van der Waals surface area contributed by atoms with Crippen LogP contribution >= 0.6 is 11.8 Å². The second kappa shape index (κ2) is 6.60. The molecule has 0 aliphatic carbocycles. The zero-order chi connectivity index (χ0) is 13.0. The van der Waals surface area contributed by atoms with Gasteiger partial charge in [-0.1, -0.05) is 6.92 Å². The molecule has 2 atom stereocenters. The van der Waals surface area contributed by atoms with E-state index >= 15 is 0 Å².